The van der Waals surface area contributed by atoms with E-state index in [0.717, 1.165) is 24.3 Å². The number of anilines is 4. The standard InChI is InChI=1S/C17H18N6O2/c1-22-13-9-18-17(19-11-5-7-12(21-25)8-6-11)20-15(13)23(2)14(16(22)24)10-3-4-10/h5-10,14H,3-4H2,1-2H3,(H,18,19,20). The minimum atomic E-state index is -0.154. The van der Waals surface area contributed by atoms with Gasteiger partial charge in [0.05, 0.1) is 6.20 Å². The summed E-state index contributed by atoms with van der Waals surface area (Å²) >= 11 is 0. The molecule has 1 aromatic carbocycles. The Bertz CT molecular complexity index is 834. The highest BCUT2D eigenvalue weighted by atomic mass is 16.3. The van der Waals surface area contributed by atoms with Crippen LogP contribution in [0.4, 0.5) is 28.8 Å². The minimum absolute atomic E-state index is 0.0961. The summed E-state index contributed by atoms with van der Waals surface area (Å²) in [5.74, 6) is 1.68. The molecular weight excluding hydrogens is 320 g/mol. The third-order valence-electron chi connectivity index (χ3n) is 4.74. The van der Waals surface area contributed by atoms with Crippen LogP contribution < -0.4 is 15.1 Å². The second kappa shape index (κ2) is 5.80. The van der Waals surface area contributed by atoms with Gasteiger partial charge in [-0.1, -0.05) is 0 Å². The fourth-order valence-electron chi connectivity index (χ4n) is 3.20. The lowest BCUT2D eigenvalue weighted by Crippen LogP contribution is -2.52. The number of nitroso groups, excluding NO2 is 1. The summed E-state index contributed by atoms with van der Waals surface area (Å²) in [6, 6.07) is 6.57. The number of fused-ring (bicyclic) bond motifs is 1. The van der Waals surface area contributed by atoms with Crippen molar-refractivity contribution < 1.29 is 4.79 Å². The molecular formula is C17H18N6O2. The lowest BCUT2D eigenvalue weighted by atomic mass is 10.1. The van der Waals surface area contributed by atoms with Gasteiger partial charge in [0.15, 0.2) is 5.82 Å². The first-order valence-electron chi connectivity index (χ1n) is 8.16. The Morgan fingerprint density at radius 2 is 1.92 bits per heavy atom. The van der Waals surface area contributed by atoms with E-state index >= 15 is 0 Å². The first-order chi connectivity index (χ1) is 12.1. The van der Waals surface area contributed by atoms with Gasteiger partial charge in [0.2, 0.25) is 11.9 Å². The molecule has 128 valence electrons. The van der Waals surface area contributed by atoms with Gasteiger partial charge in [-0.3, -0.25) is 4.79 Å². The molecule has 1 fully saturated rings. The molecule has 1 N–H and O–H groups in total. The van der Waals surface area contributed by atoms with Gasteiger partial charge in [-0.05, 0) is 48.2 Å². The van der Waals surface area contributed by atoms with E-state index in [2.05, 4.69) is 20.5 Å². The molecule has 1 aliphatic carbocycles. The monoisotopic (exact) mass is 338 g/mol. The van der Waals surface area contributed by atoms with Crippen LogP contribution in [0.3, 0.4) is 0 Å². The van der Waals surface area contributed by atoms with Crippen LogP contribution in [0.15, 0.2) is 35.6 Å². The van der Waals surface area contributed by atoms with E-state index in [1.165, 1.54) is 0 Å². The number of carbonyl (C=O) groups excluding carboxylic acids is 1. The largest absolute Gasteiger partial charge is 0.345 e. The predicted octanol–water partition coefficient (Wildman–Crippen LogP) is 2.81. The summed E-state index contributed by atoms with van der Waals surface area (Å²) in [6.07, 6.45) is 3.82. The Labute approximate surface area is 144 Å². The zero-order chi connectivity index (χ0) is 17.6. The number of carbonyl (C=O) groups is 1. The van der Waals surface area contributed by atoms with Crippen LogP contribution in [-0.4, -0.2) is 36.0 Å². The van der Waals surface area contributed by atoms with Crippen molar-refractivity contribution in [2.75, 3.05) is 29.2 Å². The van der Waals surface area contributed by atoms with Gasteiger partial charge in [-0.25, -0.2) is 4.98 Å². The molecule has 4 rings (SSSR count). The van der Waals surface area contributed by atoms with E-state index in [1.807, 2.05) is 11.9 Å². The maximum atomic E-state index is 12.6. The molecule has 1 aromatic heterocycles. The van der Waals surface area contributed by atoms with Gasteiger partial charge in [0.25, 0.3) is 0 Å². The molecule has 1 atom stereocenters. The Balaban J connectivity index is 1.64. The van der Waals surface area contributed by atoms with Crippen molar-refractivity contribution in [1.29, 1.82) is 0 Å². The quantitative estimate of drug-likeness (QED) is 0.862. The highest BCUT2D eigenvalue weighted by molar-refractivity contribution is 6.04. The van der Waals surface area contributed by atoms with E-state index in [0.29, 0.717) is 23.2 Å². The molecule has 8 nitrogen and oxygen atoms in total. The molecule has 0 spiro atoms. The van der Waals surface area contributed by atoms with Gasteiger partial charge < -0.3 is 15.1 Å². The maximum absolute atomic E-state index is 12.6. The first-order valence-corrected chi connectivity index (χ1v) is 8.16. The van der Waals surface area contributed by atoms with Crippen molar-refractivity contribution in [1.82, 2.24) is 9.97 Å². The molecule has 25 heavy (non-hydrogen) atoms. The smallest absolute Gasteiger partial charge is 0.249 e. The summed E-state index contributed by atoms with van der Waals surface area (Å²) in [6.45, 7) is 0. The highest BCUT2D eigenvalue weighted by Gasteiger charge is 2.45. The molecule has 2 heterocycles. The van der Waals surface area contributed by atoms with E-state index in [-0.39, 0.29) is 11.9 Å². The first kappa shape index (κ1) is 15.5. The number of benzene rings is 1. The molecule has 2 aliphatic rings. The normalized spacial score (nSPS) is 19.6. The van der Waals surface area contributed by atoms with Gasteiger partial charge in [0, 0.05) is 19.8 Å². The van der Waals surface area contributed by atoms with E-state index in [9.17, 15) is 9.70 Å². The summed E-state index contributed by atoms with van der Waals surface area (Å²) in [5, 5.41) is 5.99. The van der Waals surface area contributed by atoms with Crippen LogP contribution in [0, 0.1) is 10.8 Å². The van der Waals surface area contributed by atoms with Gasteiger partial charge in [0.1, 0.15) is 17.4 Å². The number of nitrogens with zero attached hydrogens (tertiary/aromatic N) is 5. The number of nitrogens with one attached hydrogen (secondary N) is 1. The molecule has 0 bridgehead atoms. The topological polar surface area (TPSA) is 90.8 Å². The van der Waals surface area contributed by atoms with Gasteiger partial charge in [-0.15, -0.1) is 4.91 Å². The van der Waals surface area contributed by atoms with Crippen LogP contribution in [0.5, 0.6) is 0 Å². The van der Waals surface area contributed by atoms with Crippen molar-refractivity contribution >= 4 is 34.7 Å². The van der Waals surface area contributed by atoms with E-state index < -0.39 is 0 Å². The van der Waals surface area contributed by atoms with Crippen LogP contribution in [-0.2, 0) is 4.79 Å². The second-order valence-electron chi connectivity index (χ2n) is 6.46. The molecule has 1 saturated carbocycles. The lowest BCUT2D eigenvalue weighted by Gasteiger charge is -2.38. The Hall–Kier alpha value is -3.03. The number of hydrogen-bond acceptors (Lipinski definition) is 7. The van der Waals surface area contributed by atoms with Crippen molar-refractivity contribution in [3.63, 3.8) is 0 Å². The number of likely N-dealkylation sites (N-methyl/N-ethyl adjacent to an activating group) is 2. The number of hydrogen-bond donors (Lipinski definition) is 1. The van der Waals surface area contributed by atoms with Crippen LogP contribution in [0.2, 0.25) is 0 Å². The van der Waals surface area contributed by atoms with Gasteiger partial charge >= 0.3 is 0 Å². The fourth-order valence-corrected chi connectivity index (χ4v) is 3.20. The maximum Gasteiger partial charge on any atom is 0.249 e. The Kier molecular flexibility index (Phi) is 3.60. The molecule has 0 saturated heterocycles. The average Bonchev–Trinajstić information content (AvgIpc) is 3.46. The molecule has 1 unspecified atom stereocenters. The summed E-state index contributed by atoms with van der Waals surface area (Å²) in [7, 11) is 3.68. The summed E-state index contributed by atoms with van der Waals surface area (Å²) in [5.41, 5.74) is 1.83. The van der Waals surface area contributed by atoms with E-state index in [4.69, 9.17) is 0 Å². The van der Waals surface area contributed by atoms with Crippen molar-refractivity contribution in [2.24, 2.45) is 11.1 Å². The summed E-state index contributed by atoms with van der Waals surface area (Å²) < 4.78 is 0. The fraction of sp³-hybridized carbons (Fsp3) is 0.353. The number of rotatable bonds is 4. The summed E-state index contributed by atoms with van der Waals surface area (Å²) in [4.78, 5) is 35.6. The third-order valence-corrected chi connectivity index (χ3v) is 4.74. The van der Waals surface area contributed by atoms with Crippen molar-refractivity contribution in [2.45, 2.75) is 18.9 Å². The molecule has 0 radical (unpaired) electrons. The average molecular weight is 338 g/mol. The number of amides is 1. The van der Waals surface area contributed by atoms with Crippen molar-refractivity contribution in [3.05, 3.63) is 35.4 Å². The SMILES string of the molecule is CN1C(=O)C(C2CC2)N(C)c2nc(Nc3ccc(N=O)cc3)ncc21. The minimum Gasteiger partial charge on any atom is -0.345 e. The Morgan fingerprint density at radius 1 is 1.20 bits per heavy atom. The zero-order valence-electron chi connectivity index (χ0n) is 14.0. The predicted molar refractivity (Wildman–Crippen MR) is 95.5 cm³/mol. The van der Waals surface area contributed by atoms with Crippen LogP contribution >= 0.6 is 0 Å². The lowest BCUT2D eigenvalue weighted by molar-refractivity contribution is -0.120. The van der Waals surface area contributed by atoms with Crippen molar-refractivity contribution in [3.8, 4) is 0 Å². The highest BCUT2D eigenvalue weighted by Crippen LogP contribution is 2.42. The zero-order valence-corrected chi connectivity index (χ0v) is 14.0. The van der Waals surface area contributed by atoms with Gasteiger partial charge in [-0.2, -0.15) is 4.98 Å². The van der Waals surface area contributed by atoms with Crippen LogP contribution in [0.25, 0.3) is 0 Å². The molecule has 8 heteroatoms. The molecule has 1 aliphatic heterocycles. The molecule has 1 amide bonds. The van der Waals surface area contributed by atoms with E-state index in [1.54, 1.807) is 42.4 Å². The Morgan fingerprint density at radius 3 is 2.56 bits per heavy atom. The third kappa shape index (κ3) is 2.69. The van der Waals surface area contributed by atoms with Crippen LogP contribution in [0.1, 0.15) is 12.8 Å². The second-order valence-corrected chi connectivity index (χ2v) is 6.46. The number of aromatic nitrogens is 2. The molecule has 2 aromatic rings.